The van der Waals surface area contributed by atoms with Gasteiger partial charge in [-0.05, 0) is 55.3 Å². The van der Waals surface area contributed by atoms with E-state index in [-0.39, 0.29) is 11.9 Å². The fourth-order valence-electron chi connectivity index (χ4n) is 3.60. The van der Waals surface area contributed by atoms with Crippen LogP contribution in [0.15, 0.2) is 77.8 Å². The van der Waals surface area contributed by atoms with Crippen LogP contribution in [0.4, 0.5) is 0 Å². The van der Waals surface area contributed by atoms with Gasteiger partial charge in [0.2, 0.25) is 0 Å². The van der Waals surface area contributed by atoms with E-state index < -0.39 is 0 Å². The predicted octanol–water partition coefficient (Wildman–Crippen LogP) is 5.32. The van der Waals surface area contributed by atoms with Gasteiger partial charge in [0.1, 0.15) is 0 Å². The van der Waals surface area contributed by atoms with E-state index in [0.717, 1.165) is 21.3 Å². The van der Waals surface area contributed by atoms with Crippen LogP contribution in [0.2, 0.25) is 0 Å². The molecule has 0 bridgehead atoms. The number of ether oxygens (including phenoxy) is 2. The second kappa shape index (κ2) is 11.0. The molecule has 0 aliphatic heterocycles. The molecule has 0 radical (unpaired) electrons. The first kappa shape index (κ1) is 23.6. The average molecular weight is 475 g/mol. The number of carbonyl (C=O) groups excluding carboxylic acids is 2. The maximum atomic E-state index is 13.0. The minimum absolute atomic E-state index is 0.313. The molecule has 0 unspecified atom stereocenters. The molecule has 0 saturated heterocycles. The summed E-state index contributed by atoms with van der Waals surface area (Å²) in [6.45, 7) is 5.68. The third kappa shape index (κ3) is 5.32. The molecule has 1 heterocycles. The molecular formula is C27H26N2O4S. The number of aromatic nitrogens is 1. The Balaban J connectivity index is 1.69. The van der Waals surface area contributed by atoms with Gasteiger partial charge in [0.25, 0.3) is 5.91 Å². The van der Waals surface area contributed by atoms with Crippen LogP contribution in [-0.4, -0.2) is 36.3 Å². The van der Waals surface area contributed by atoms with Gasteiger partial charge in [-0.25, -0.2) is 4.79 Å². The molecule has 34 heavy (non-hydrogen) atoms. The highest BCUT2D eigenvalue weighted by Crippen LogP contribution is 2.21. The van der Waals surface area contributed by atoms with Gasteiger partial charge in [0.05, 0.1) is 29.0 Å². The Morgan fingerprint density at radius 3 is 2.29 bits per heavy atom. The van der Waals surface area contributed by atoms with Crippen molar-refractivity contribution in [3.63, 3.8) is 0 Å². The van der Waals surface area contributed by atoms with Crippen molar-refractivity contribution in [2.24, 2.45) is 4.99 Å². The van der Waals surface area contributed by atoms with Crippen LogP contribution in [0, 0.1) is 0 Å². The van der Waals surface area contributed by atoms with Crippen molar-refractivity contribution >= 4 is 33.4 Å². The Labute approximate surface area is 202 Å². The number of thiazole rings is 1. The molecule has 174 valence electrons. The highest BCUT2D eigenvalue weighted by Gasteiger charge is 2.13. The first-order valence-corrected chi connectivity index (χ1v) is 12.0. The molecule has 0 atom stereocenters. The van der Waals surface area contributed by atoms with Crippen LogP contribution in [0.3, 0.4) is 0 Å². The maximum Gasteiger partial charge on any atom is 0.338 e. The standard InChI is InChI=1S/C27H26N2O4S/c1-3-32-17-16-29-23-15-14-22(26(31)33-4-2)18-24(23)34-27(29)28-25(30)21-12-10-20(11-13-21)19-8-6-5-7-9-19/h5-15,18H,3-4,16-17H2,1-2H3. The molecule has 0 fully saturated rings. The molecular weight excluding hydrogens is 448 g/mol. The van der Waals surface area contributed by atoms with Gasteiger partial charge in [-0.1, -0.05) is 53.8 Å². The van der Waals surface area contributed by atoms with Gasteiger partial charge >= 0.3 is 5.97 Å². The quantitative estimate of drug-likeness (QED) is 0.256. The molecule has 0 spiro atoms. The topological polar surface area (TPSA) is 69.9 Å². The van der Waals surface area contributed by atoms with Crippen LogP contribution >= 0.6 is 11.3 Å². The smallest absolute Gasteiger partial charge is 0.338 e. The second-order valence-electron chi connectivity index (χ2n) is 7.50. The molecule has 0 aliphatic carbocycles. The third-order valence-electron chi connectivity index (χ3n) is 5.29. The summed E-state index contributed by atoms with van der Waals surface area (Å²) in [5, 5.41) is 0. The van der Waals surface area contributed by atoms with Crippen molar-refractivity contribution in [2.45, 2.75) is 20.4 Å². The molecule has 0 N–H and O–H groups in total. The Hall–Kier alpha value is -3.55. The van der Waals surface area contributed by atoms with E-state index in [1.54, 1.807) is 31.2 Å². The summed E-state index contributed by atoms with van der Waals surface area (Å²) < 4.78 is 13.5. The first-order valence-electron chi connectivity index (χ1n) is 11.2. The zero-order valence-corrected chi connectivity index (χ0v) is 20.0. The number of rotatable bonds is 8. The monoisotopic (exact) mass is 474 g/mol. The highest BCUT2D eigenvalue weighted by molar-refractivity contribution is 7.16. The summed E-state index contributed by atoms with van der Waals surface area (Å²) in [5.74, 6) is -0.686. The van der Waals surface area contributed by atoms with E-state index in [4.69, 9.17) is 9.47 Å². The summed E-state index contributed by atoms with van der Waals surface area (Å²) in [6.07, 6.45) is 0. The van der Waals surface area contributed by atoms with Gasteiger partial charge in [-0.15, -0.1) is 0 Å². The van der Waals surface area contributed by atoms with Crippen LogP contribution in [0.25, 0.3) is 21.3 Å². The van der Waals surface area contributed by atoms with Crippen LogP contribution in [-0.2, 0) is 16.0 Å². The molecule has 3 aromatic carbocycles. The molecule has 1 amide bonds. The summed E-state index contributed by atoms with van der Waals surface area (Å²) in [7, 11) is 0. The van der Waals surface area contributed by atoms with Crippen LogP contribution in [0.5, 0.6) is 0 Å². The molecule has 4 aromatic rings. The Morgan fingerprint density at radius 2 is 1.59 bits per heavy atom. The van der Waals surface area contributed by atoms with E-state index in [2.05, 4.69) is 4.99 Å². The molecule has 6 nitrogen and oxygen atoms in total. The van der Waals surface area contributed by atoms with E-state index in [9.17, 15) is 9.59 Å². The lowest BCUT2D eigenvalue weighted by atomic mass is 10.0. The second-order valence-corrected chi connectivity index (χ2v) is 8.51. The molecule has 0 saturated carbocycles. The van der Waals surface area contributed by atoms with Gasteiger partial charge in [0.15, 0.2) is 4.80 Å². The van der Waals surface area contributed by atoms with E-state index in [1.165, 1.54) is 11.3 Å². The molecule has 7 heteroatoms. The zero-order chi connectivity index (χ0) is 23.9. The molecule has 4 rings (SSSR count). The largest absolute Gasteiger partial charge is 0.462 e. The fraction of sp³-hybridized carbons (Fsp3) is 0.222. The number of hydrogen-bond donors (Lipinski definition) is 0. The Morgan fingerprint density at radius 1 is 0.882 bits per heavy atom. The number of benzene rings is 3. The lowest BCUT2D eigenvalue weighted by molar-refractivity contribution is 0.0526. The van der Waals surface area contributed by atoms with Crippen molar-refractivity contribution < 1.29 is 19.1 Å². The average Bonchev–Trinajstić information content (AvgIpc) is 3.21. The minimum Gasteiger partial charge on any atom is -0.462 e. The number of carbonyl (C=O) groups is 2. The van der Waals surface area contributed by atoms with E-state index in [1.807, 2.05) is 60.0 Å². The zero-order valence-electron chi connectivity index (χ0n) is 19.2. The normalized spacial score (nSPS) is 11.6. The number of fused-ring (bicyclic) bond motifs is 1. The van der Waals surface area contributed by atoms with Crippen molar-refractivity contribution in [3.05, 3.63) is 88.7 Å². The molecule has 1 aromatic heterocycles. The van der Waals surface area contributed by atoms with E-state index in [0.29, 0.717) is 42.3 Å². The van der Waals surface area contributed by atoms with Crippen molar-refractivity contribution in [1.82, 2.24) is 4.57 Å². The maximum absolute atomic E-state index is 13.0. The summed E-state index contributed by atoms with van der Waals surface area (Å²) >= 11 is 1.37. The predicted molar refractivity (Wildman–Crippen MR) is 134 cm³/mol. The minimum atomic E-state index is -0.369. The lowest BCUT2D eigenvalue weighted by Gasteiger charge is -2.06. The molecule has 0 aliphatic rings. The SMILES string of the molecule is CCOCCn1c(=NC(=O)c2ccc(-c3ccccc3)cc2)sc2cc(C(=O)OCC)ccc21. The van der Waals surface area contributed by atoms with Gasteiger partial charge in [-0.2, -0.15) is 4.99 Å². The Bertz CT molecular complexity index is 1360. The van der Waals surface area contributed by atoms with Gasteiger partial charge in [0, 0.05) is 18.7 Å². The van der Waals surface area contributed by atoms with Crippen LogP contribution in [0.1, 0.15) is 34.6 Å². The Kier molecular flexibility index (Phi) is 7.67. The van der Waals surface area contributed by atoms with Crippen molar-refractivity contribution in [1.29, 1.82) is 0 Å². The van der Waals surface area contributed by atoms with E-state index >= 15 is 0 Å². The lowest BCUT2D eigenvalue weighted by Crippen LogP contribution is -2.19. The number of nitrogens with zero attached hydrogens (tertiary/aromatic N) is 2. The summed E-state index contributed by atoms with van der Waals surface area (Å²) in [5.41, 5.74) is 4.01. The number of hydrogen-bond acceptors (Lipinski definition) is 5. The number of esters is 1. The van der Waals surface area contributed by atoms with Crippen LogP contribution < -0.4 is 4.80 Å². The fourth-order valence-corrected chi connectivity index (χ4v) is 4.70. The third-order valence-corrected chi connectivity index (χ3v) is 6.33. The highest BCUT2D eigenvalue weighted by atomic mass is 32.1. The number of amides is 1. The van der Waals surface area contributed by atoms with Crippen molar-refractivity contribution in [2.75, 3.05) is 19.8 Å². The summed E-state index contributed by atoms with van der Waals surface area (Å²) in [6, 6.07) is 22.8. The van der Waals surface area contributed by atoms with Gasteiger partial charge in [-0.3, -0.25) is 4.79 Å². The van der Waals surface area contributed by atoms with Crippen molar-refractivity contribution in [3.8, 4) is 11.1 Å². The summed E-state index contributed by atoms with van der Waals surface area (Å²) in [4.78, 5) is 30.2. The first-order chi connectivity index (χ1) is 16.6. The van der Waals surface area contributed by atoms with Gasteiger partial charge < -0.3 is 14.0 Å².